The number of carbonyl (C=O) groups excluding carboxylic acids is 1. The molecule has 0 fully saturated rings. The molecule has 1 atom stereocenters. The van der Waals surface area contributed by atoms with Gasteiger partial charge >= 0.3 is 0 Å². The second-order valence-electron chi connectivity index (χ2n) is 3.63. The number of aliphatic hydroxyl groups is 1. The molecular weight excluding hydrogens is 184 g/mol. The Morgan fingerprint density at radius 3 is 2.79 bits per heavy atom. The van der Waals surface area contributed by atoms with Crippen LogP contribution in [-0.4, -0.2) is 11.1 Å². The van der Waals surface area contributed by atoms with Gasteiger partial charge < -0.3 is 19.4 Å². The second kappa shape index (κ2) is 4.28. The first-order valence-electron chi connectivity index (χ1n) is 4.49. The summed E-state index contributed by atoms with van der Waals surface area (Å²) in [4.78, 5) is 10.6. The Kier molecular flexibility index (Phi) is 3.30. The highest BCUT2D eigenvalue weighted by molar-refractivity contribution is 5.86. The minimum atomic E-state index is -1.32. The van der Waals surface area contributed by atoms with Crippen LogP contribution in [0.25, 0.3) is 0 Å². The van der Waals surface area contributed by atoms with Gasteiger partial charge in [-0.25, -0.2) is 0 Å². The van der Waals surface area contributed by atoms with Crippen molar-refractivity contribution in [3.63, 3.8) is 0 Å². The minimum absolute atomic E-state index is 0.0712. The van der Waals surface area contributed by atoms with Crippen molar-refractivity contribution in [2.45, 2.75) is 26.4 Å². The Labute approximate surface area is 82.2 Å². The Morgan fingerprint density at radius 2 is 2.29 bits per heavy atom. The smallest absolute Gasteiger partial charge is 0.141 e. The number of carboxylic acid groups (broad SMARTS) is 1. The zero-order chi connectivity index (χ0) is 10.7. The summed E-state index contributed by atoms with van der Waals surface area (Å²) in [5, 5.41) is 20.2. The van der Waals surface area contributed by atoms with Gasteiger partial charge in [-0.15, -0.1) is 0 Å². The number of aliphatic hydroxyl groups excluding tert-OH is 1. The van der Waals surface area contributed by atoms with E-state index in [0.717, 1.165) is 0 Å². The first-order valence-corrected chi connectivity index (χ1v) is 4.49. The molecule has 0 aromatic carbocycles. The molecule has 0 saturated carbocycles. The molecule has 1 unspecified atom stereocenters. The highest BCUT2D eigenvalue weighted by Crippen LogP contribution is 2.24. The van der Waals surface area contributed by atoms with Crippen molar-refractivity contribution in [3.05, 3.63) is 23.7 Å². The Balaban J connectivity index is 2.84. The molecule has 1 aromatic heterocycles. The summed E-state index contributed by atoms with van der Waals surface area (Å²) in [5.74, 6) is -0.972. The summed E-state index contributed by atoms with van der Waals surface area (Å²) in [6.07, 6.45) is 0.829. The summed E-state index contributed by atoms with van der Waals surface area (Å²) in [7, 11) is 0. The Morgan fingerprint density at radius 1 is 1.64 bits per heavy atom. The van der Waals surface area contributed by atoms with Crippen molar-refractivity contribution in [2.75, 3.05) is 0 Å². The molecule has 4 nitrogen and oxygen atoms in total. The molecular formula is C10H13O4-. The quantitative estimate of drug-likeness (QED) is 0.771. The van der Waals surface area contributed by atoms with Gasteiger partial charge in [0.15, 0.2) is 0 Å². The van der Waals surface area contributed by atoms with Gasteiger partial charge in [-0.2, -0.15) is 0 Å². The number of aromatic carboxylic acids is 1. The number of furan rings is 1. The van der Waals surface area contributed by atoms with Crippen molar-refractivity contribution in [2.24, 2.45) is 5.92 Å². The van der Waals surface area contributed by atoms with Crippen molar-refractivity contribution >= 4 is 5.97 Å². The third-order valence-electron chi connectivity index (χ3n) is 1.91. The fourth-order valence-corrected chi connectivity index (χ4v) is 1.30. The molecule has 0 saturated heterocycles. The number of hydrogen-bond donors (Lipinski definition) is 1. The monoisotopic (exact) mass is 197 g/mol. The van der Waals surface area contributed by atoms with Crippen LogP contribution in [0.2, 0.25) is 0 Å². The van der Waals surface area contributed by atoms with Gasteiger partial charge in [0.05, 0.1) is 12.2 Å². The van der Waals surface area contributed by atoms with Crippen LogP contribution >= 0.6 is 0 Å². The minimum Gasteiger partial charge on any atom is -0.545 e. The van der Waals surface area contributed by atoms with Crippen molar-refractivity contribution < 1.29 is 19.4 Å². The molecule has 1 N–H and O–H groups in total. The molecule has 1 rings (SSSR count). The highest BCUT2D eigenvalue weighted by Gasteiger charge is 2.17. The van der Waals surface area contributed by atoms with E-state index in [1.165, 1.54) is 12.3 Å². The number of rotatable bonds is 4. The number of carbonyl (C=O) groups is 1. The lowest BCUT2D eigenvalue weighted by molar-refractivity contribution is -0.255. The molecule has 0 radical (unpaired) electrons. The summed E-state index contributed by atoms with van der Waals surface area (Å²) < 4.78 is 4.92. The molecule has 1 aromatic rings. The number of hydrogen-bond acceptors (Lipinski definition) is 4. The molecule has 4 heteroatoms. The van der Waals surface area contributed by atoms with E-state index in [1.807, 2.05) is 13.8 Å². The molecule has 14 heavy (non-hydrogen) atoms. The van der Waals surface area contributed by atoms with Crippen molar-refractivity contribution in [3.8, 4) is 0 Å². The third kappa shape index (κ3) is 2.35. The van der Waals surface area contributed by atoms with Crippen LogP contribution in [-0.2, 0) is 0 Å². The fourth-order valence-electron chi connectivity index (χ4n) is 1.30. The van der Waals surface area contributed by atoms with Crippen LogP contribution in [0.1, 0.15) is 42.5 Å². The van der Waals surface area contributed by atoms with E-state index >= 15 is 0 Å². The SMILES string of the molecule is CC(C)CC(O)c1occc1C(=O)[O-]. The summed E-state index contributed by atoms with van der Waals surface area (Å²) >= 11 is 0. The summed E-state index contributed by atoms with van der Waals surface area (Å²) in [6.45, 7) is 3.87. The lowest BCUT2D eigenvalue weighted by Gasteiger charge is -2.12. The van der Waals surface area contributed by atoms with Crippen LogP contribution in [0.4, 0.5) is 0 Å². The molecule has 1 heterocycles. The summed E-state index contributed by atoms with van der Waals surface area (Å²) in [5.41, 5.74) is -0.0712. The van der Waals surface area contributed by atoms with Crippen LogP contribution < -0.4 is 5.11 Å². The number of carboxylic acids is 1. The lowest BCUT2D eigenvalue weighted by Crippen LogP contribution is -2.23. The van der Waals surface area contributed by atoms with Gasteiger partial charge in [0.2, 0.25) is 0 Å². The van der Waals surface area contributed by atoms with Gasteiger partial charge in [-0.05, 0) is 18.4 Å². The average molecular weight is 197 g/mol. The predicted octanol–water partition coefficient (Wildman–Crippen LogP) is 0.723. The van der Waals surface area contributed by atoms with Crippen LogP contribution in [0, 0.1) is 5.92 Å². The lowest BCUT2D eigenvalue weighted by atomic mass is 10.0. The van der Waals surface area contributed by atoms with Crippen molar-refractivity contribution in [1.29, 1.82) is 0 Å². The predicted molar refractivity (Wildman–Crippen MR) is 47.5 cm³/mol. The molecule has 0 aliphatic heterocycles. The highest BCUT2D eigenvalue weighted by atomic mass is 16.4. The first-order chi connectivity index (χ1) is 6.52. The van der Waals surface area contributed by atoms with Gasteiger partial charge in [0.25, 0.3) is 0 Å². The topological polar surface area (TPSA) is 73.5 Å². The Bertz CT molecular complexity index is 314. The van der Waals surface area contributed by atoms with Gasteiger partial charge in [0.1, 0.15) is 11.9 Å². The maximum Gasteiger partial charge on any atom is 0.141 e. The molecule has 78 valence electrons. The van der Waals surface area contributed by atoms with E-state index < -0.39 is 12.1 Å². The fraction of sp³-hybridized carbons (Fsp3) is 0.500. The van der Waals surface area contributed by atoms with E-state index in [1.54, 1.807) is 0 Å². The Hall–Kier alpha value is -1.29. The molecule has 0 spiro atoms. The van der Waals surface area contributed by atoms with Crippen molar-refractivity contribution in [1.82, 2.24) is 0 Å². The zero-order valence-electron chi connectivity index (χ0n) is 8.19. The van der Waals surface area contributed by atoms with Crippen LogP contribution in [0.3, 0.4) is 0 Å². The van der Waals surface area contributed by atoms with Gasteiger partial charge in [-0.3, -0.25) is 0 Å². The molecule has 0 bridgehead atoms. The molecule has 0 aliphatic rings. The maximum absolute atomic E-state index is 10.6. The van der Waals surface area contributed by atoms with Gasteiger partial charge in [-0.1, -0.05) is 13.8 Å². The van der Waals surface area contributed by atoms with Crippen LogP contribution in [0.5, 0.6) is 0 Å². The van der Waals surface area contributed by atoms with Crippen LogP contribution in [0.15, 0.2) is 16.7 Å². The standard InChI is InChI=1S/C10H14O4/c1-6(2)5-8(11)9-7(10(12)13)3-4-14-9/h3-4,6,8,11H,5H2,1-2H3,(H,12,13)/p-1. The first kappa shape index (κ1) is 10.8. The largest absolute Gasteiger partial charge is 0.545 e. The van der Waals surface area contributed by atoms with E-state index in [0.29, 0.717) is 6.42 Å². The molecule has 0 aliphatic carbocycles. The third-order valence-corrected chi connectivity index (χ3v) is 1.91. The zero-order valence-corrected chi connectivity index (χ0v) is 8.19. The summed E-state index contributed by atoms with van der Waals surface area (Å²) in [6, 6.07) is 1.29. The van der Waals surface area contributed by atoms with E-state index in [-0.39, 0.29) is 17.2 Å². The normalized spacial score (nSPS) is 13.1. The second-order valence-corrected chi connectivity index (χ2v) is 3.63. The van der Waals surface area contributed by atoms with E-state index in [9.17, 15) is 15.0 Å². The van der Waals surface area contributed by atoms with E-state index in [2.05, 4.69) is 0 Å². The maximum atomic E-state index is 10.6. The van der Waals surface area contributed by atoms with Gasteiger partial charge in [0, 0.05) is 5.56 Å². The van der Waals surface area contributed by atoms with E-state index in [4.69, 9.17) is 4.42 Å². The molecule has 0 amide bonds. The average Bonchev–Trinajstić information content (AvgIpc) is 2.49.